The number of tetrazole rings is 1. The molecular formula is C13H11N7O. The average Bonchev–Trinajstić information content (AvgIpc) is 3.15. The number of fused-ring (bicyclic) bond motifs is 3. The van der Waals surface area contributed by atoms with Gasteiger partial charge in [-0.25, -0.2) is 0 Å². The number of aromatic amines is 2. The summed E-state index contributed by atoms with van der Waals surface area (Å²) in [7, 11) is 0. The number of nitrogens with zero attached hydrogens (tertiary/aromatic N) is 4. The van der Waals surface area contributed by atoms with E-state index >= 15 is 0 Å². The minimum absolute atomic E-state index is 0.138. The van der Waals surface area contributed by atoms with Crippen LogP contribution in [-0.4, -0.2) is 36.7 Å². The van der Waals surface area contributed by atoms with Crippen molar-refractivity contribution in [3.8, 4) is 11.3 Å². The minimum atomic E-state index is -0.315. The van der Waals surface area contributed by atoms with Gasteiger partial charge in [0.1, 0.15) is 5.69 Å². The molecule has 1 aliphatic rings. The SMILES string of the molecule is O=C(Nc1nn[nH]n1)c1[nH]nc2c1CCc1ccccc1-2. The molecule has 0 radical (unpaired) electrons. The number of nitrogens with one attached hydrogen (secondary N) is 3. The monoisotopic (exact) mass is 281 g/mol. The maximum atomic E-state index is 12.3. The number of H-pyrrole nitrogens is 2. The van der Waals surface area contributed by atoms with E-state index in [4.69, 9.17) is 0 Å². The van der Waals surface area contributed by atoms with E-state index < -0.39 is 0 Å². The molecule has 0 saturated heterocycles. The molecule has 2 aromatic heterocycles. The van der Waals surface area contributed by atoms with E-state index in [2.05, 4.69) is 42.2 Å². The molecule has 0 spiro atoms. The quantitative estimate of drug-likeness (QED) is 0.647. The van der Waals surface area contributed by atoms with E-state index in [9.17, 15) is 4.79 Å². The standard InChI is InChI=1S/C13H11N7O/c21-12(14-13-17-19-20-18-13)11-9-6-5-7-3-1-2-4-8(7)10(9)15-16-11/h1-4H,5-6H2,(H,15,16)(H2,14,17,18,19,20,21). The van der Waals surface area contributed by atoms with Crippen molar-refractivity contribution in [2.75, 3.05) is 5.32 Å². The van der Waals surface area contributed by atoms with Crippen molar-refractivity contribution in [2.45, 2.75) is 12.8 Å². The third-order valence-electron chi connectivity index (χ3n) is 3.58. The molecular weight excluding hydrogens is 270 g/mol. The molecule has 0 fully saturated rings. The summed E-state index contributed by atoms with van der Waals surface area (Å²) < 4.78 is 0. The van der Waals surface area contributed by atoms with E-state index in [1.54, 1.807) is 0 Å². The summed E-state index contributed by atoms with van der Waals surface area (Å²) in [6.45, 7) is 0. The second kappa shape index (κ2) is 4.51. The minimum Gasteiger partial charge on any atom is -0.286 e. The summed E-state index contributed by atoms with van der Waals surface area (Å²) in [5.74, 6) is -0.177. The number of aryl methyl sites for hydroxylation is 1. The molecule has 21 heavy (non-hydrogen) atoms. The lowest BCUT2D eigenvalue weighted by Gasteiger charge is -2.15. The largest absolute Gasteiger partial charge is 0.286 e. The maximum absolute atomic E-state index is 12.3. The van der Waals surface area contributed by atoms with Gasteiger partial charge in [-0.15, -0.1) is 5.10 Å². The first-order valence-corrected chi connectivity index (χ1v) is 6.53. The van der Waals surface area contributed by atoms with Crippen LogP contribution in [-0.2, 0) is 12.8 Å². The molecule has 8 nitrogen and oxygen atoms in total. The Morgan fingerprint density at radius 1 is 1.19 bits per heavy atom. The zero-order chi connectivity index (χ0) is 14.2. The van der Waals surface area contributed by atoms with Crippen LogP contribution in [0.15, 0.2) is 24.3 Å². The lowest BCUT2D eigenvalue weighted by molar-refractivity contribution is 0.102. The number of amides is 1. The summed E-state index contributed by atoms with van der Waals surface area (Å²) in [6.07, 6.45) is 1.67. The topological polar surface area (TPSA) is 112 Å². The highest BCUT2D eigenvalue weighted by atomic mass is 16.2. The Balaban J connectivity index is 1.71. The number of benzene rings is 1. The molecule has 1 aliphatic carbocycles. The fraction of sp³-hybridized carbons (Fsp3) is 0.154. The van der Waals surface area contributed by atoms with Crippen LogP contribution < -0.4 is 5.32 Å². The molecule has 0 saturated carbocycles. The average molecular weight is 281 g/mol. The highest BCUT2D eigenvalue weighted by molar-refractivity contribution is 6.04. The predicted molar refractivity (Wildman–Crippen MR) is 73.6 cm³/mol. The van der Waals surface area contributed by atoms with Crippen molar-refractivity contribution >= 4 is 11.9 Å². The Morgan fingerprint density at radius 2 is 2.10 bits per heavy atom. The highest BCUT2D eigenvalue weighted by Gasteiger charge is 2.25. The Morgan fingerprint density at radius 3 is 2.95 bits per heavy atom. The van der Waals surface area contributed by atoms with Gasteiger partial charge >= 0.3 is 0 Å². The predicted octanol–water partition coefficient (Wildman–Crippen LogP) is 0.941. The molecule has 4 rings (SSSR count). The smallest absolute Gasteiger partial charge is 0.276 e. The van der Waals surface area contributed by atoms with Crippen molar-refractivity contribution in [1.82, 2.24) is 30.8 Å². The van der Waals surface area contributed by atoms with Crippen LogP contribution >= 0.6 is 0 Å². The Labute approximate surface area is 119 Å². The van der Waals surface area contributed by atoms with Gasteiger partial charge in [0.25, 0.3) is 11.9 Å². The maximum Gasteiger partial charge on any atom is 0.276 e. The highest BCUT2D eigenvalue weighted by Crippen LogP contribution is 2.33. The fourth-order valence-electron chi connectivity index (χ4n) is 2.63. The Bertz CT molecular complexity index is 806. The summed E-state index contributed by atoms with van der Waals surface area (Å²) in [6, 6.07) is 8.10. The van der Waals surface area contributed by atoms with Crippen molar-refractivity contribution in [2.24, 2.45) is 0 Å². The lowest BCUT2D eigenvalue weighted by Crippen LogP contribution is -2.16. The Kier molecular flexibility index (Phi) is 2.53. The molecule has 0 aliphatic heterocycles. The van der Waals surface area contributed by atoms with Gasteiger partial charge in [0.05, 0.1) is 5.69 Å². The van der Waals surface area contributed by atoms with Crippen molar-refractivity contribution in [1.29, 1.82) is 0 Å². The van der Waals surface area contributed by atoms with E-state index in [-0.39, 0.29) is 11.9 Å². The number of carbonyl (C=O) groups is 1. The lowest BCUT2D eigenvalue weighted by atomic mass is 9.89. The van der Waals surface area contributed by atoms with Gasteiger partial charge in [-0.1, -0.05) is 29.4 Å². The third kappa shape index (κ3) is 1.88. The first kappa shape index (κ1) is 11.8. The van der Waals surface area contributed by atoms with Gasteiger partial charge < -0.3 is 0 Å². The van der Waals surface area contributed by atoms with Crippen LogP contribution in [0.25, 0.3) is 11.3 Å². The Hall–Kier alpha value is -3.03. The summed E-state index contributed by atoms with van der Waals surface area (Å²) in [4.78, 5) is 12.3. The van der Waals surface area contributed by atoms with Gasteiger partial charge in [-0.2, -0.15) is 10.3 Å². The molecule has 1 aromatic carbocycles. The van der Waals surface area contributed by atoms with Gasteiger partial charge in [0.15, 0.2) is 0 Å². The second-order valence-corrected chi connectivity index (χ2v) is 4.77. The first-order chi connectivity index (χ1) is 10.3. The van der Waals surface area contributed by atoms with Crippen LogP contribution in [0.2, 0.25) is 0 Å². The van der Waals surface area contributed by atoms with Gasteiger partial charge in [-0.3, -0.25) is 15.2 Å². The number of rotatable bonds is 2. The molecule has 8 heteroatoms. The van der Waals surface area contributed by atoms with Gasteiger partial charge in [0.2, 0.25) is 0 Å². The number of carbonyl (C=O) groups excluding carboxylic acids is 1. The molecule has 3 N–H and O–H groups in total. The number of aromatic nitrogens is 6. The summed E-state index contributed by atoms with van der Waals surface area (Å²) >= 11 is 0. The second-order valence-electron chi connectivity index (χ2n) is 4.77. The van der Waals surface area contributed by atoms with E-state index in [0.717, 1.165) is 29.7 Å². The van der Waals surface area contributed by atoms with Gasteiger partial charge in [-0.05, 0) is 23.6 Å². The molecule has 0 atom stereocenters. The van der Waals surface area contributed by atoms with E-state index in [1.807, 2.05) is 18.2 Å². The molecule has 2 heterocycles. The van der Waals surface area contributed by atoms with Crippen molar-refractivity contribution in [3.05, 3.63) is 41.1 Å². The zero-order valence-corrected chi connectivity index (χ0v) is 10.9. The third-order valence-corrected chi connectivity index (χ3v) is 3.58. The van der Waals surface area contributed by atoms with Crippen LogP contribution in [0.4, 0.5) is 5.95 Å². The molecule has 1 amide bonds. The number of anilines is 1. The van der Waals surface area contributed by atoms with Crippen molar-refractivity contribution < 1.29 is 4.79 Å². The molecule has 3 aromatic rings. The summed E-state index contributed by atoms with van der Waals surface area (Å²) in [5, 5.41) is 22.8. The number of hydrogen-bond donors (Lipinski definition) is 3. The first-order valence-electron chi connectivity index (χ1n) is 6.53. The zero-order valence-electron chi connectivity index (χ0n) is 10.9. The number of hydrogen-bond acceptors (Lipinski definition) is 5. The van der Waals surface area contributed by atoms with Crippen molar-refractivity contribution in [3.63, 3.8) is 0 Å². The van der Waals surface area contributed by atoms with Crippen LogP contribution in [0.1, 0.15) is 21.6 Å². The molecule has 0 unspecified atom stereocenters. The van der Waals surface area contributed by atoms with Gasteiger partial charge in [0, 0.05) is 11.1 Å². The normalized spacial score (nSPS) is 12.6. The summed E-state index contributed by atoms with van der Waals surface area (Å²) in [5.41, 5.74) is 4.55. The fourth-order valence-corrected chi connectivity index (χ4v) is 2.63. The van der Waals surface area contributed by atoms with E-state index in [0.29, 0.717) is 5.69 Å². The molecule has 104 valence electrons. The van der Waals surface area contributed by atoms with Crippen LogP contribution in [0, 0.1) is 0 Å². The molecule has 0 bridgehead atoms. The van der Waals surface area contributed by atoms with Crippen LogP contribution in [0.3, 0.4) is 0 Å². The van der Waals surface area contributed by atoms with E-state index in [1.165, 1.54) is 5.56 Å². The van der Waals surface area contributed by atoms with Crippen LogP contribution in [0.5, 0.6) is 0 Å².